The molecule has 0 aliphatic rings. The van der Waals surface area contributed by atoms with Gasteiger partial charge in [-0.3, -0.25) is 9.89 Å². The van der Waals surface area contributed by atoms with Crippen molar-refractivity contribution in [3.05, 3.63) is 71.7 Å². The van der Waals surface area contributed by atoms with Crippen LogP contribution in [0.25, 0.3) is 5.76 Å². The predicted molar refractivity (Wildman–Crippen MR) is 85.8 cm³/mol. The predicted octanol–water partition coefficient (Wildman–Crippen LogP) is 2.78. The van der Waals surface area contributed by atoms with E-state index in [1.807, 2.05) is 24.3 Å². The highest BCUT2D eigenvalue weighted by atomic mass is 16.5. The number of carbonyl (C=O) groups excluding carboxylic acids is 1. The van der Waals surface area contributed by atoms with E-state index >= 15 is 0 Å². The lowest BCUT2D eigenvalue weighted by Crippen LogP contribution is -1.99. The highest BCUT2D eigenvalue weighted by molar-refractivity contribution is 6.05. The highest BCUT2D eigenvalue weighted by Gasteiger charge is 2.11. The summed E-state index contributed by atoms with van der Waals surface area (Å²) in [6.07, 6.45) is 4.26. The van der Waals surface area contributed by atoms with E-state index in [2.05, 4.69) is 15.2 Å². The molecule has 0 saturated heterocycles. The zero-order chi connectivity index (χ0) is 16.9. The summed E-state index contributed by atoms with van der Waals surface area (Å²) in [6, 6.07) is 9.29. The lowest BCUT2D eigenvalue weighted by atomic mass is 10.1. The van der Waals surface area contributed by atoms with Crippen LogP contribution in [0.15, 0.2) is 53.4 Å². The SMILES string of the molecule is COc1ccc(Cc2cc(C(O)=CC(=O)c3ncn[nH]3)co2)cc1. The number of nitrogens with zero attached hydrogens (tertiary/aromatic N) is 2. The van der Waals surface area contributed by atoms with Crippen LogP contribution in [-0.2, 0) is 6.42 Å². The second-order valence-corrected chi connectivity index (χ2v) is 5.05. The van der Waals surface area contributed by atoms with Gasteiger partial charge in [-0.25, -0.2) is 4.98 Å². The maximum absolute atomic E-state index is 11.8. The molecule has 0 bridgehead atoms. The smallest absolute Gasteiger partial charge is 0.226 e. The summed E-state index contributed by atoms with van der Waals surface area (Å²) in [5.41, 5.74) is 1.46. The van der Waals surface area contributed by atoms with Crippen molar-refractivity contribution in [2.24, 2.45) is 0 Å². The van der Waals surface area contributed by atoms with Crippen molar-refractivity contribution in [1.29, 1.82) is 0 Å². The molecule has 0 spiro atoms. The second-order valence-electron chi connectivity index (χ2n) is 5.05. The summed E-state index contributed by atoms with van der Waals surface area (Å²) in [5, 5.41) is 16.1. The molecule has 0 unspecified atom stereocenters. The normalized spacial score (nSPS) is 11.5. The quantitative estimate of drug-likeness (QED) is 0.410. The Balaban J connectivity index is 1.71. The van der Waals surface area contributed by atoms with Crippen molar-refractivity contribution >= 4 is 11.5 Å². The molecule has 2 aromatic heterocycles. The number of H-pyrrole nitrogens is 1. The molecule has 0 atom stereocenters. The first-order chi connectivity index (χ1) is 11.7. The van der Waals surface area contributed by atoms with Crippen LogP contribution in [0, 0.1) is 0 Å². The molecule has 0 saturated carbocycles. The van der Waals surface area contributed by atoms with Gasteiger partial charge in [0.25, 0.3) is 0 Å². The summed E-state index contributed by atoms with van der Waals surface area (Å²) in [5.74, 6) is 0.847. The summed E-state index contributed by atoms with van der Waals surface area (Å²) in [7, 11) is 1.61. The first kappa shape index (κ1) is 15.5. The average Bonchev–Trinajstić information content (AvgIpc) is 3.27. The molecule has 0 aliphatic carbocycles. The van der Waals surface area contributed by atoms with E-state index in [0.717, 1.165) is 17.4 Å². The Hall–Kier alpha value is -3.35. The molecule has 0 aliphatic heterocycles. The van der Waals surface area contributed by atoms with Crippen LogP contribution in [0.5, 0.6) is 5.75 Å². The first-order valence-electron chi connectivity index (χ1n) is 7.17. The largest absolute Gasteiger partial charge is 0.507 e. The number of rotatable bonds is 6. The fourth-order valence-electron chi connectivity index (χ4n) is 2.15. The van der Waals surface area contributed by atoms with Crippen LogP contribution < -0.4 is 4.74 Å². The standard InChI is InChI=1S/C17H15N3O4/c1-23-13-4-2-11(3-5-13)6-14-7-12(9-24-14)15(21)8-16(22)17-18-10-19-20-17/h2-5,7-10,21H,6H2,1H3,(H,18,19,20). The Kier molecular flexibility index (Phi) is 4.42. The summed E-state index contributed by atoms with van der Waals surface area (Å²) < 4.78 is 10.6. The number of ketones is 1. The van der Waals surface area contributed by atoms with Gasteiger partial charge in [-0.1, -0.05) is 12.1 Å². The molecule has 0 amide bonds. The molecule has 3 rings (SSSR count). The number of furan rings is 1. The van der Waals surface area contributed by atoms with Gasteiger partial charge in [-0.2, -0.15) is 5.10 Å². The molecule has 24 heavy (non-hydrogen) atoms. The molecular formula is C17H15N3O4. The molecule has 7 heteroatoms. The number of aliphatic hydroxyl groups excluding tert-OH is 1. The van der Waals surface area contributed by atoms with Gasteiger partial charge in [-0.15, -0.1) is 0 Å². The third kappa shape index (κ3) is 3.52. The Morgan fingerprint density at radius 1 is 1.38 bits per heavy atom. The number of aromatic nitrogens is 3. The molecule has 7 nitrogen and oxygen atoms in total. The molecule has 122 valence electrons. The van der Waals surface area contributed by atoms with Crippen molar-refractivity contribution in [3.8, 4) is 5.75 Å². The van der Waals surface area contributed by atoms with E-state index < -0.39 is 5.78 Å². The number of carbonyl (C=O) groups is 1. The third-order valence-electron chi connectivity index (χ3n) is 3.40. The van der Waals surface area contributed by atoms with Crippen LogP contribution in [0.3, 0.4) is 0 Å². The van der Waals surface area contributed by atoms with Gasteiger partial charge in [0.1, 0.15) is 29.9 Å². The number of allylic oxidation sites excluding steroid dienone is 1. The number of methoxy groups -OCH3 is 1. The molecule has 2 N–H and O–H groups in total. The van der Waals surface area contributed by atoms with Gasteiger partial charge in [0.05, 0.1) is 12.7 Å². The number of aromatic amines is 1. The fourth-order valence-corrected chi connectivity index (χ4v) is 2.15. The summed E-state index contributed by atoms with van der Waals surface area (Å²) in [4.78, 5) is 15.6. The monoisotopic (exact) mass is 325 g/mol. The van der Waals surface area contributed by atoms with Crippen LogP contribution in [0.1, 0.15) is 27.5 Å². The van der Waals surface area contributed by atoms with E-state index in [9.17, 15) is 9.90 Å². The molecule has 1 aromatic carbocycles. The third-order valence-corrected chi connectivity index (χ3v) is 3.40. The maximum atomic E-state index is 11.8. The number of hydrogen-bond donors (Lipinski definition) is 2. The zero-order valence-corrected chi connectivity index (χ0v) is 12.9. The first-order valence-corrected chi connectivity index (χ1v) is 7.17. The second kappa shape index (κ2) is 6.82. The highest BCUT2D eigenvalue weighted by Crippen LogP contribution is 2.20. The van der Waals surface area contributed by atoms with Gasteiger partial charge in [0.15, 0.2) is 5.82 Å². The van der Waals surface area contributed by atoms with E-state index in [-0.39, 0.29) is 11.6 Å². The van der Waals surface area contributed by atoms with Crippen LogP contribution in [-0.4, -0.2) is 33.2 Å². The lowest BCUT2D eigenvalue weighted by molar-refractivity contribution is 0.103. The zero-order valence-electron chi connectivity index (χ0n) is 12.9. The van der Waals surface area contributed by atoms with Crippen LogP contribution >= 0.6 is 0 Å². The van der Waals surface area contributed by atoms with Gasteiger partial charge in [-0.05, 0) is 23.8 Å². The molecule has 3 aromatic rings. The fraction of sp³-hybridized carbons (Fsp3) is 0.118. The summed E-state index contributed by atoms with van der Waals surface area (Å²) >= 11 is 0. The van der Waals surface area contributed by atoms with Crippen molar-refractivity contribution < 1.29 is 19.1 Å². The van der Waals surface area contributed by atoms with E-state index in [4.69, 9.17) is 9.15 Å². The van der Waals surface area contributed by atoms with Crippen molar-refractivity contribution in [3.63, 3.8) is 0 Å². The van der Waals surface area contributed by atoms with Crippen molar-refractivity contribution in [2.75, 3.05) is 7.11 Å². The Bertz CT molecular complexity index is 848. The number of benzene rings is 1. The lowest BCUT2D eigenvalue weighted by Gasteiger charge is -2.01. The van der Waals surface area contributed by atoms with Gasteiger partial charge < -0.3 is 14.3 Å². The van der Waals surface area contributed by atoms with Crippen LogP contribution in [0.4, 0.5) is 0 Å². The average molecular weight is 325 g/mol. The Labute approximate surface area is 137 Å². The van der Waals surface area contributed by atoms with Gasteiger partial charge >= 0.3 is 0 Å². The molecule has 0 fully saturated rings. The molecular weight excluding hydrogens is 310 g/mol. The minimum Gasteiger partial charge on any atom is -0.507 e. The number of ether oxygens (including phenoxy) is 1. The summed E-state index contributed by atoms with van der Waals surface area (Å²) in [6.45, 7) is 0. The van der Waals surface area contributed by atoms with Gasteiger partial charge in [0, 0.05) is 12.5 Å². The van der Waals surface area contributed by atoms with Crippen LogP contribution in [0.2, 0.25) is 0 Å². The topological polar surface area (TPSA) is 101 Å². The Morgan fingerprint density at radius 3 is 2.83 bits per heavy atom. The van der Waals surface area contributed by atoms with Crippen molar-refractivity contribution in [2.45, 2.75) is 6.42 Å². The van der Waals surface area contributed by atoms with E-state index in [1.165, 1.54) is 12.6 Å². The van der Waals surface area contributed by atoms with Gasteiger partial charge in [0.2, 0.25) is 5.78 Å². The number of nitrogens with one attached hydrogen (secondary N) is 1. The number of hydrogen-bond acceptors (Lipinski definition) is 6. The van der Waals surface area contributed by atoms with Crippen molar-refractivity contribution in [1.82, 2.24) is 15.2 Å². The van der Waals surface area contributed by atoms with E-state index in [1.54, 1.807) is 13.2 Å². The minimum absolute atomic E-state index is 0.0588. The van der Waals surface area contributed by atoms with E-state index in [0.29, 0.717) is 17.7 Å². The number of aliphatic hydroxyl groups is 1. The minimum atomic E-state index is -0.470. The Morgan fingerprint density at radius 2 is 2.17 bits per heavy atom. The molecule has 0 radical (unpaired) electrons. The maximum Gasteiger partial charge on any atom is 0.226 e. The molecule has 2 heterocycles.